The van der Waals surface area contributed by atoms with Crippen LogP contribution in [0.3, 0.4) is 0 Å². The highest BCUT2D eigenvalue weighted by Crippen LogP contribution is 2.36. The maximum absolute atomic E-state index is 12.2. The lowest BCUT2D eigenvalue weighted by Gasteiger charge is -2.16. The van der Waals surface area contributed by atoms with Gasteiger partial charge in [0.05, 0.1) is 0 Å². The Bertz CT molecular complexity index is 1220. The van der Waals surface area contributed by atoms with Gasteiger partial charge in [-0.05, 0) is 18.2 Å². The van der Waals surface area contributed by atoms with Gasteiger partial charge in [-0.3, -0.25) is 4.79 Å². The summed E-state index contributed by atoms with van der Waals surface area (Å²) in [5.74, 6) is -3.44. The number of carboxylic acids is 2. The molecule has 154 valence electrons. The van der Waals surface area contributed by atoms with Gasteiger partial charge in [0.15, 0.2) is 0 Å². The molecular formula is C20H14Cl2N2O6. The van der Waals surface area contributed by atoms with Crippen LogP contribution in [0.25, 0.3) is 11.1 Å². The van der Waals surface area contributed by atoms with Crippen LogP contribution in [0.1, 0.15) is 26.3 Å². The SMILES string of the molecule is Nc1[nH]c(=O)c(C(=O)O)c(-c2ccccc2OCc2ccc(Cl)cc2Cl)c1C(=O)O. The molecule has 0 saturated carbocycles. The molecule has 3 aromatic rings. The second-order valence-electron chi connectivity index (χ2n) is 6.12. The molecule has 10 heteroatoms. The van der Waals surface area contributed by atoms with Gasteiger partial charge in [0, 0.05) is 26.7 Å². The first kappa shape index (κ1) is 21.2. The third kappa shape index (κ3) is 4.10. The number of carbonyl (C=O) groups is 2. The number of ether oxygens (including phenoxy) is 1. The van der Waals surface area contributed by atoms with Gasteiger partial charge in [0.1, 0.15) is 29.3 Å². The molecule has 0 aliphatic rings. The van der Waals surface area contributed by atoms with Crippen molar-refractivity contribution in [2.45, 2.75) is 6.61 Å². The summed E-state index contributed by atoms with van der Waals surface area (Å²) in [6, 6.07) is 10.9. The number of halogens is 2. The van der Waals surface area contributed by atoms with Crippen molar-refractivity contribution in [3.05, 3.63) is 79.6 Å². The maximum Gasteiger partial charge on any atom is 0.342 e. The standard InChI is InChI=1S/C20H14Cl2N2O6/c21-10-6-5-9(12(22)7-10)8-30-13-4-2-1-3-11(13)14-15(19(26)27)17(23)24-18(25)16(14)20(28)29/h1-7H,8H2,(H,26,27)(H,28,29)(H3,23,24,25). The van der Waals surface area contributed by atoms with Crippen LogP contribution in [-0.2, 0) is 6.61 Å². The van der Waals surface area contributed by atoms with Gasteiger partial charge in [-0.1, -0.05) is 47.5 Å². The topological polar surface area (TPSA) is 143 Å². The molecule has 0 amide bonds. The largest absolute Gasteiger partial charge is 0.488 e. The van der Waals surface area contributed by atoms with E-state index < -0.39 is 34.4 Å². The van der Waals surface area contributed by atoms with Crippen molar-refractivity contribution in [3.8, 4) is 16.9 Å². The van der Waals surface area contributed by atoms with E-state index in [1.165, 1.54) is 18.2 Å². The van der Waals surface area contributed by atoms with Crippen LogP contribution in [0.4, 0.5) is 5.82 Å². The van der Waals surface area contributed by atoms with Crippen LogP contribution >= 0.6 is 23.2 Å². The van der Waals surface area contributed by atoms with E-state index in [-0.39, 0.29) is 23.5 Å². The van der Waals surface area contributed by atoms with Gasteiger partial charge in [-0.25, -0.2) is 9.59 Å². The van der Waals surface area contributed by atoms with Gasteiger partial charge >= 0.3 is 11.9 Å². The number of nitrogens with one attached hydrogen (secondary N) is 1. The fourth-order valence-corrected chi connectivity index (χ4v) is 3.37. The van der Waals surface area contributed by atoms with E-state index in [9.17, 15) is 24.6 Å². The Morgan fingerprint density at radius 1 is 1.03 bits per heavy atom. The van der Waals surface area contributed by atoms with Gasteiger partial charge in [0.25, 0.3) is 5.56 Å². The molecule has 3 rings (SSSR count). The molecule has 0 fully saturated rings. The second-order valence-corrected chi connectivity index (χ2v) is 6.97. The van der Waals surface area contributed by atoms with E-state index >= 15 is 0 Å². The first-order valence-corrected chi connectivity index (χ1v) is 9.14. The van der Waals surface area contributed by atoms with E-state index in [2.05, 4.69) is 4.98 Å². The first-order valence-electron chi connectivity index (χ1n) is 8.39. The minimum Gasteiger partial charge on any atom is -0.488 e. The normalized spacial score (nSPS) is 10.6. The maximum atomic E-state index is 12.2. The highest BCUT2D eigenvalue weighted by atomic mass is 35.5. The summed E-state index contributed by atoms with van der Waals surface area (Å²) in [5.41, 5.74) is 3.66. The number of hydrogen-bond acceptors (Lipinski definition) is 5. The smallest absolute Gasteiger partial charge is 0.342 e. The number of anilines is 1. The molecule has 0 bridgehead atoms. The Hall–Kier alpha value is -3.49. The van der Waals surface area contributed by atoms with Gasteiger partial charge in [0.2, 0.25) is 0 Å². The lowest BCUT2D eigenvalue weighted by Crippen LogP contribution is -2.24. The highest BCUT2D eigenvalue weighted by Gasteiger charge is 2.28. The molecule has 8 nitrogen and oxygen atoms in total. The first-order chi connectivity index (χ1) is 14.2. The van der Waals surface area contributed by atoms with Crippen LogP contribution in [0.15, 0.2) is 47.3 Å². The number of H-pyrrole nitrogens is 1. The molecule has 1 heterocycles. The summed E-state index contributed by atoms with van der Waals surface area (Å²) in [5, 5.41) is 19.9. The van der Waals surface area contributed by atoms with E-state index in [4.69, 9.17) is 33.7 Å². The van der Waals surface area contributed by atoms with Crippen molar-refractivity contribution >= 4 is 41.0 Å². The van der Waals surface area contributed by atoms with Gasteiger partial charge < -0.3 is 25.7 Å². The lowest BCUT2D eigenvalue weighted by molar-refractivity contribution is 0.0695. The average Bonchev–Trinajstić information content (AvgIpc) is 2.66. The minimum atomic E-state index is -1.61. The molecular weight excluding hydrogens is 435 g/mol. The minimum absolute atomic E-state index is 0.0174. The quantitative estimate of drug-likeness (QED) is 0.447. The van der Waals surface area contributed by atoms with E-state index in [1.54, 1.807) is 24.3 Å². The Kier molecular flexibility index (Phi) is 6.00. The van der Waals surface area contributed by atoms with Crippen molar-refractivity contribution in [2.24, 2.45) is 0 Å². The van der Waals surface area contributed by atoms with E-state index in [0.29, 0.717) is 15.6 Å². The number of pyridine rings is 1. The molecule has 0 unspecified atom stereocenters. The average molecular weight is 449 g/mol. The number of aromatic nitrogens is 1. The zero-order valence-corrected chi connectivity index (χ0v) is 16.6. The summed E-state index contributed by atoms with van der Waals surface area (Å²) in [6.07, 6.45) is 0. The zero-order valence-electron chi connectivity index (χ0n) is 15.1. The molecule has 5 N–H and O–H groups in total. The van der Waals surface area contributed by atoms with Gasteiger partial charge in [-0.15, -0.1) is 0 Å². The number of carboxylic acid groups (broad SMARTS) is 2. The Balaban J connectivity index is 2.17. The van der Waals surface area contributed by atoms with Crippen LogP contribution < -0.4 is 16.0 Å². The zero-order chi connectivity index (χ0) is 22.0. The Morgan fingerprint density at radius 2 is 1.70 bits per heavy atom. The van der Waals surface area contributed by atoms with Gasteiger partial charge in [-0.2, -0.15) is 0 Å². The van der Waals surface area contributed by atoms with Crippen LogP contribution in [0, 0.1) is 0 Å². The summed E-state index contributed by atoms with van der Waals surface area (Å²) in [4.78, 5) is 37.8. The predicted octanol–water partition coefficient (Wildman–Crippen LogP) is 3.91. The third-order valence-electron chi connectivity index (χ3n) is 4.23. The van der Waals surface area contributed by atoms with Crippen LogP contribution in [0.5, 0.6) is 5.75 Å². The molecule has 0 aliphatic carbocycles. The molecule has 30 heavy (non-hydrogen) atoms. The van der Waals surface area contributed by atoms with Crippen molar-refractivity contribution in [3.63, 3.8) is 0 Å². The Morgan fingerprint density at radius 3 is 2.33 bits per heavy atom. The number of benzene rings is 2. The summed E-state index contributed by atoms with van der Waals surface area (Å²) < 4.78 is 5.78. The van der Waals surface area contributed by atoms with Crippen LogP contribution in [-0.4, -0.2) is 27.1 Å². The molecule has 0 saturated heterocycles. The van der Waals surface area contributed by atoms with Crippen LogP contribution in [0.2, 0.25) is 10.0 Å². The Labute approximate surface area is 179 Å². The monoisotopic (exact) mass is 448 g/mol. The number of hydrogen-bond donors (Lipinski definition) is 4. The molecule has 0 radical (unpaired) electrons. The van der Waals surface area contributed by atoms with Crippen molar-refractivity contribution < 1.29 is 24.5 Å². The summed E-state index contributed by atoms with van der Waals surface area (Å²) in [6.45, 7) is -0.0174. The molecule has 1 aromatic heterocycles. The number of para-hydroxylation sites is 1. The molecule has 0 spiro atoms. The second kappa shape index (κ2) is 8.48. The van der Waals surface area contributed by atoms with E-state index in [1.807, 2.05) is 0 Å². The third-order valence-corrected chi connectivity index (χ3v) is 4.81. The molecule has 0 aliphatic heterocycles. The number of aromatic amines is 1. The fraction of sp³-hybridized carbons (Fsp3) is 0.0500. The number of aromatic carboxylic acids is 2. The summed E-state index contributed by atoms with van der Waals surface area (Å²) >= 11 is 12.0. The van der Waals surface area contributed by atoms with Crippen molar-refractivity contribution in [1.29, 1.82) is 0 Å². The predicted molar refractivity (Wildman–Crippen MR) is 112 cm³/mol. The van der Waals surface area contributed by atoms with E-state index in [0.717, 1.165) is 0 Å². The van der Waals surface area contributed by atoms with Crippen molar-refractivity contribution in [2.75, 3.05) is 5.73 Å². The van der Waals surface area contributed by atoms with Crippen molar-refractivity contribution in [1.82, 2.24) is 4.98 Å². The number of rotatable bonds is 6. The summed E-state index contributed by atoms with van der Waals surface area (Å²) in [7, 11) is 0. The molecule has 0 atom stereocenters. The fourth-order valence-electron chi connectivity index (χ4n) is 2.91. The number of nitrogen functional groups attached to an aromatic ring is 1. The molecule has 2 aromatic carbocycles. The highest BCUT2D eigenvalue weighted by molar-refractivity contribution is 6.35. The number of nitrogens with two attached hydrogens (primary N) is 1. The lowest BCUT2D eigenvalue weighted by atomic mass is 9.94.